The van der Waals surface area contributed by atoms with Gasteiger partial charge in [0.25, 0.3) is 0 Å². The molecule has 1 fully saturated rings. The Morgan fingerprint density at radius 1 is 1.17 bits per heavy atom. The molecule has 0 aromatic heterocycles. The van der Waals surface area contributed by atoms with E-state index in [1.54, 1.807) is 0 Å². The topological polar surface area (TPSA) is 24.1 Å². The first-order valence-electron chi connectivity index (χ1n) is 3.26. The monoisotopic (exact) mass is 88.1 g/mol. The molecule has 6 heavy (non-hydrogen) atoms. The Kier molecular flexibility index (Phi) is 0.821. The Labute approximate surface area is 40.7 Å². The molecule has 0 amide bonds. The van der Waals surface area contributed by atoms with Crippen molar-refractivity contribution in [2.24, 2.45) is 0 Å². The molecule has 2 atom stereocenters. The number of hydrogen-bond acceptors (Lipinski definition) is 2. The van der Waals surface area contributed by atoms with Crippen molar-refractivity contribution in [1.82, 2.24) is 10.6 Å². The van der Waals surface area contributed by atoms with Crippen LogP contribution >= 0.6 is 0 Å². The van der Waals surface area contributed by atoms with Crippen LogP contribution in [-0.2, 0) is 0 Å². The molecule has 2 N–H and O–H groups in total. The zero-order valence-electron chi connectivity index (χ0n) is 5.57. The summed E-state index contributed by atoms with van der Waals surface area (Å²) in [5, 5.41) is 5.70. The summed E-state index contributed by atoms with van der Waals surface area (Å²) in [7, 11) is 0. The van der Waals surface area contributed by atoms with Gasteiger partial charge in [-0.2, -0.15) is 0 Å². The van der Waals surface area contributed by atoms with Crippen LogP contribution in [0.2, 0.25) is 0 Å². The van der Waals surface area contributed by atoms with E-state index in [1.807, 2.05) is 0 Å². The molecule has 0 bridgehead atoms. The highest BCUT2D eigenvalue weighted by atomic mass is 15.0. The van der Waals surface area contributed by atoms with Gasteiger partial charge in [-0.05, 0) is 0 Å². The third kappa shape index (κ3) is 0.954. The summed E-state index contributed by atoms with van der Waals surface area (Å²) in [6, 6.07) is 0. The predicted molar refractivity (Wildman–Crippen MR) is 25.7 cm³/mol. The van der Waals surface area contributed by atoms with Gasteiger partial charge in [-0.15, -0.1) is 0 Å². The Balaban J connectivity index is 2.23. The van der Waals surface area contributed by atoms with Gasteiger partial charge >= 0.3 is 0 Å². The van der Waals surface area contributed by atoms with E-state index >= 15 is 0 Å². The van der Waals surface area contributed by atoms with Gasteiger partial charge in [0.1, 0.15) is 0 Å². The average molecular weight is 88.2 g/mol. The van der Waals surface area contributed by atoms with Crippen LogP contribution in [0, 0.1) is 0 Å². The first-order chi connectivity index (χ1) is 3.79. The Morgan fingerprint density at radius 3 is 2.17 bits per heavy atom. The van der Waals surface area contributed by atoms with Gasteiger partial charge in [-0.25, -0.2) is 0 Å². The third-order valence-corrected chi connectivity index (χ3v) is 0.729. The van der Waals surface area contributed by atoms with Gasteiger partial charge < -0.3 is 10.6 Å². The maximum atomic E-state index is 7.11. The van der Waals surface area contributed by atoms with E-state index in [0.717, 1.165) is 0 Å². The van der Waals surface area contributed by atoms with E-state index in [1.165, 1.54) is 0 Å². The minimum Gasteiger partial charge on any atom is -0.314 e. The second-order valence-electron chi connectivity index (χ2n) is 1.23. The van der Waals surface area contributed by atoms with E-state index in [9.17, 15) is 0 Å². The molecule has 1 aliphatic heterocycles. The first-order valence-corrected chi connectivity index (χ1v) is 2.10. The van der Waals surface area contributed by atoms with Crippen molar-refractivity contribution < 1.29 is 2.74 Å². The molecule has 0 aromatic carbocycles. The van der Waals surface area contributed by atoms with Crippen LogP contribution in [0.1, 0.15) is 2.74 Å². The maximum Gasteiger partial charge on any atom is 0.0441 e. The summed E-state index contributed by atoms with van der Waals surface area (Å²) in [6.45, 7) is 0.752. The molecule has 36 valence electrons. The number of hydrogen-bond donors (Lipinski definition) is 2. The van der Waals surface area contributed by atoms with Crippen molar-refractivity contribution in [3.05, 3.63) is 0 Å². The summed E-state index contributed by atoms with van der Waals surface area (Å²) in [4.78, 5) is 0. The first kappa shape index (κ1) is 2.28. The molecule has 0 aromatic rings. The summed E-state index contributed by atoms with van der Waals surface area (Å²) >= 11 is 0. The molecule has 0 radical (unpaired) electrons. The summed E-state index contributed by atoms with van der Waals surface area (Å²) < 4.78 is 14.2. The number of rotatable bonds is 0. The lowest BCUT2D eigenvalue weighted by Crippen LogP contribution is -2.39. The SMILES string of the molecule is [2H]C1CNCC([2H])N1. The fourth-order valence-corrected chi connectivity index (χ4v) is 0.429. The highest BCUT2D eigenvalue weighted by Gasteiger charge is 1.91. The van der Waals surface area contributed by atoms with Gasteiger partial charge in [0, 0.05) is 28.9 Å². The third-order valence-electron chi connectivity index (χ3n) is 0.729. The Hall–Kier alpha value is -0.0800. The van der Waals surface area contributed by atoms with Crippen LogP contribution in [0.5, 0.6) is 0 Å². The van der Waals surface area contributed by atoms with Crippen molar-refractivity contribution >= 4 is 0 Å². The molecule has 0 aliphatic carbocycles. The molecule has 2 unspecified atom stereocenters. The second-order valence-corrected chi connectivity index (χ2v) is 1.23. The summed E-state index contributed by atoms with van der Waals surface area (Å²) in [5.74, 6) is 0. The van der Waals surface area contributed by atoms with E-state index in [4.69, 9.17) is 2.74 Å². The molecule has 2 nitrogen and oxygen atoms in total. The van der Waals surface area contributed by atoms with Gasteiger partial charge in [-0.3, -0.25) is 0 Å². The van der Waals surface area contributed by atoms with Gasteiger partial charge in [0.2, 0.25) is 0 Å². The van der Waals surface area contributed by atoms with E-state index in [2.05, 4.69) is 10.6 Å². The van der Waals surface area contributed by atoms with Crippen LogP contribution < -0.4 is 10.6 Å². The van der Waals surface area contributed by atoms with E-state index in [0.29, 0.717) is 13.1 Å². The minimum atomic E-state index is -0.286. The lowest BCUT2D eigenvalue weighted by molar-refractivity contribution is 0.534. The molecule has 1 saturated heterocycles. The molecule has 1 aliphatic rings. The van der Waals surface area contributed by atoms with Crippen LogP contribution in [0.25, 0.3) is 0 Å². The Morgan fingerprint density at radius 2 is 1.83 bits per heavy atom. The molecule has 2 heteroatoms. The summed E-state index contributed by atoms with van der Waals surface area (Å²) in [5.41, 5.74) is 0. The molecule has 0 saturated carbocycles. The normalized spacial score (nSPS) is 53.3. The van der Waals surface area contributed by atoms with Gasteiger partial charge in [0.05, 0.1) is 0 Å². The molecule has 1 rings (SSSR count). The standard InChI is InChI=1S/C4H10N2/c1-2-6-4-3-5-1/h5-6H,1-4H2/i1D,3D. The zero-order chi connectivity index (χ0) is 5.98. The quantitative estimate of drug-likeness (QED) is 0.404. The lowest BCUT2D eigenvalue weighted by Gasteiger charge is -2.11. The van der Waals surface area contributed by atoms with Crippen LogP contribution in [0.4, 0.5) is 0 Å². The molecule has 1 heterocycles. The van der Waals surface area contributed by atoms with Crippen LogP contribution in [0.15, 0.2) is 0 Å². The lowest BCUT2D eigenvalue weighted by atomic mass is 10.4. The van der Waals surface area contributed by atoms with E-state index in [-0.39, 0.29) is 13.0 Å². The Bertz CT molecular complexity index is 70.4. The highest BCUT2D eigenvalue weighted by Crippen LogP contribution is 1.65. The minimum absolute atomic E-state index is 0.286. The second kappa shape index (κ2) is 2.16. The number of nitrogens with one attached hydrogen (secondary N) is 2. The van der Waals surface area contributed by atoms with Crippen molar-refractivity contribution in [3.63, 3.8) is 0 Å². The smallest absolute Gasteiger partial charge is 0.0441 e. The van der Waals surface area contributed by atoms with Gasteiger partial charge in [0.15, 0.2) is 0 Å². The fraction of sp³-hybridized carbons (Fsp3) is 1.00. The van der Waals surface area contributed by atoms with Crippen LogP contribution in [0.3, 0.4) is 0 Å². The summed E-state index contributed by atoms with van der Waals surface area (Å²) in [6.07, 6.45) is 0. The van der Waals surface area contributed by atoms with Crippen molar-refractivity contribution in [3.8, 4) is 0 Å². The number of piperazine rings is 1. The zero-order valence-corrected chi connectivity index (χ0v) is 3.57. The van der Waals surface area contributed by atoms with Crippen LogP contribution in [-0.4, -0.2) is 26.1 Å². The highest BCUT2D eigenvalue weighted by molar-refractivity contribution is 4.59. The average Bonchev–Trinajstić information content (AvgIpc) is 1.64. The predicted octanol–water partition coefficient (Wildman–Crippen LogP) is -0.821. The largest absolute Gasteiger partial charge is 0.314 e. The maximum absolute atomic E-state index is 7.11. The molecular formula is C4H10N2. The van der Waals surface area contributed by atoms with E-state index < -0.39 is 0 Å². The molecular weight excluding hydrogens is 76.1 g/mol. The van der Waals surface area contributed by atoms with Crippen molar-refractivity contribution in [2.45, 2.75) is 0 Å². The van der Waals surface area contributed by atoms with Crippen molar-refractivity contribution in [2.75, 3.05) is 26.1 Å². The molecule has 0 spiro atoms. The fourth-order valence-electron chi connectivity index (χ4n) is 0.429. The van der Waals surface area contributed by atoms with Gasteiger partial charge in [-0.1, -0.05) is 0 Å². The van der Waals surface area contributed by atoms with Crippen molar-refractivity contribution in [1.29, 1.82) is 0 Å².